The van der Waals surface area contributed by atoms with E-state index in [1.165, 1.54) is 24.3 Å². The van der Waals surface area contributed by atoms with Gasteiger partial charge in [-0.1, -0.05) is 28.1 Å². The molecule has 0 nitrogen and oxygen atoms in total. The molecule has 2 aromatic carbocycles. The lowest BCUT2D eigenvalue weighted by molar-refractivity contribution is 0.580. The van der Waals surface area contributed by atoms with Crippen LogP contribution in [0.2, 0.25) is 0 Å². The Bertz CT molecular complexity index is 502. The Morgan fingerprint density at radius 1 is 0.706 bits per heavy atom. The van der Waals surface area contributed by atoms with Gasteiger partial charge in [0.25, 0.3) is 0 Å². The number of benzene rings is 2. The van der Waals surface area contributed by atoms with Crippen molar-refractivity contribution in [1.82, 2.24) is 0 Å². The second-order valence-corrected chi connectivity index (χ2v) is 4.53. The van der Waals surface area contributed by atoms with Gasteiger partial charge in [-0.05, 0) is 35.4 Å². The van der Waals surface area contributed by atoms with Crippen molar-refractivity contribution in [1.29, 1.82) is 0 Å². The van der Waals surface area contributed by atoms with Crippen LogP contribution in [0.3, 0.4) is 0 Å². The van der Waals surface area contributed by atoms with Gasteiger partial charge in [-0.3, -0.25) is 0 Å². The number of alkyl halides is 1. The highest BCUT2D eigenvalue weighted by molar-refractivity contribution is 9.09. The van der Waals surface area contributed by atoms with Gasteiger partial charge in [-0.25, -0.2) is 13.2 Å². The Morgan fingerprint density at radius 3 is 1.76 bits per heavy atom. The Kier molecular flexibility index (Phi) is 3.52. The smallest absolute Gasteiger partial charge is 0.126 e. The molecule has 0 bridgehead atoms. The summed E-state index contributed by atoms with van der Waals surface area (Å²) in [6.45, 7) is 0. The van der Waals surface area contributed by atoms with E-state index in [1.54, 1.807) is 12.1 Å². The summed E-state index contributed by atoms with van der Waals surface area (Å²) in [5, 5.41) is 0. The lowest BCUT2D eigenvalue weighted by atomic mass is 10.0. The molecule has 2 aromatic rings. The van der Waals surface area contributed by atoms with Crippen molar-refractivity contribution in [2.45, 2.75) is 4.83 Å². The van der Waals surface area contributed by atoms with Gasteiger partial charge in [0.15, 0.2) is 0 Å². The van der Waals surface area contributed by atoms with E-state index in [2.05, 4.69) is 15.9 Å². The summed E-state index contributed by atoms with van der Waals surface area (Å²) in [5.41, 5.74) is 1.19. The summed E-state index contributed by atoms with van der Waals surface area (Å²) in [4.78, 5) is -0.367. The largest absolute Gasteiger partial charge is 0.207 e. The minimum absolute atomic E-state index is 0.348. The Hall–Kier alpha value is -1.29. The van der Waals surface area contributed by atoms with E-state index >= 15 is 0 Å². The van der Waals surface area contributed by atoms with Crippen LogP contribution < -0.4 is 0 Å². The highest BCUT2D eigenvalue weighted by atomic mass is 79.9. The number of hydrogen-bond acceptors (Lipinski definition) is 0. The summed E-state index contributed by atoms with van der Waals surface area (Å²) in [5.74, 6) is -1.61. The van der Waals surface area contributed by atoms with Gasteiger partial charge in [0.05, 0.1) is 4.83 Å². The maximum Gasteiger partial charge on any atom is 0.126 e. The van der Waals surface area contributed by atoms with Gasteiger partial charge in [0, 0.05) is 6.07 Å². The van der Waals surface area contributed by atoms with Crippen molar-refractivity contribution in [3.8, 4) is 0 Å². The fourth-order valence-corrected chi connectivity index (χ4v) is 2.12. The van der Waals surface area contributed by atoms with Crippen molar-refractivity contribution in [3.05, 3.63) is 71.0 Å². The lowest BCUT2D eigenvalue weighted by Gasteiger charge is -2.11. The molecule has 0 aromatic heterocycles. The molecule has 0 spiro atoms. The monoisotopic (exact) mass is 300 g/mol. The third-order valence-corrected chi connectivity index (χ3v) is 3.40. The predicted molar refractivity (Wildman–Crippen MR) is 63.5 cm³/mol. The molecule has 1 unspecified atom stereocenters. The minimum Gasteiger partial charge on any atom is -0.207 e. The van der Waals surface area contributed by atoms with E-state index in [0.29, 0.717) is 5.56 Å². The van der Waals surface area contributed by atoms with Crippen LogP contribution in [-0.4, -0.2) is 0 Å². The molecule has 0 radical (unpaired) electrons. The first kappa shape index (κ1) is 12.2. The Balaban J connectivity index is 2.36. The molecule has 0 N–H and O–H groups in total. The molecular formula is C13H8BrF3. The lowest BCUT2D eigenvalue weighted by Crippen LogP contribution is -1.95. The van der Waals surface area contributed by atoms with Crippen LogP contribution in [0.25, 0.3) is 0 Å². The first-order valence-electron chi connectivity index (χ1n) is 4.92. The second-order valence-electron chi connectivity index (χ2n) is 3.62. The molecule has 0 aliphatic carbocycles. The van der Waals surface area contributed by atoms with E-state index in [1.807, 2.05) is 0 Å². The molecule has 0 fully saturated rings. The van der Waals surface area contributed by atoms with E-state index in [9.17, 15) is 13.2 Å². The van der Waals surface area contributed by atoms with Crippen molar-refractivity contribution in [3.63, 3.8) is 0 Å². The van der Waals surface area contributed by atoms with Crippen LogP contribution in [-0.2, 0) is 0 Å². The zero-order valence-electron chi connectivity index (χ0n) is 8.63. The van der Waals surface area contributed by atoms with Gasteiger partial charge in [-0.2, -0.15) is 0 Å². The maximum absolute atomic E-state index is 13.0. The molecule has 88 valence electrons. The average molecular weight is 301 g/mol. The third kappa shape index (κ3) is 2.88. The van der Waals surface area contributed by atoms with Crippen molar-refractivity contribution >= 4 is 15.9 Å². The molecule has 1 atom stereocenters. The van der Waals surface area contributed by atoms with E-state index < -0.39 is 11.6 Å². The summed E-state index contributed by atoms with van der Waals surface area (Å²) in [6.07, 6.45) is 0. The molecule has 0 aliphatic heterocycles. The first-order valence-corrected chi connectivity index (χ1v) is 5.83. The number of hydrogen-bond donors (Lipinski definition) is 0. The molecule has 2 rings (SSSR count). The standard InChI is InChI=1S/C13H8BrF3/c14-13(8-1-3-10(15)4-2-8)9-5-11(16)7-12(17)6-9/h1-7,13H. The van der Waals surface area contributed by atoms with Crippen LogP contribution in [0.15, 0.2) is 42.5 Å². The van der Waals surface area contributed by atoms with Gasteiger partial charge in [0.2, 0.25) is 0 Å². The summed E-state index contributed by atoms with van der Waals surface area (Å²) >= 11 is 3.33. The molecule has 17 heavy (non-hydrogen) atoms. The highest BCUT2D eigenvalue weighted by Gasteiger charge is 2.12. The molecule has 0 aliphatic rings. The summed E-state index contributed by atoms with van der Waals surface area (Å²) < 4.78 is 38.8. The van der Waals surface area contributed by atoms with E-state index in [-0.39, 0.29) is 10.6 Å². The van der Waals surface area contributed by atoms with Crippen LogP contribution in [0, 0.1) is 17.5 Å². The fourth-order valence-electron chi connectivity index (χ4n) is 1.55. The van der Waals surface area contributed by atoms with Crippen LogP contribution in [0.4, 0.5) is 13.2 Å². The molecule has 4 heteroatoms. The number of halogens is 4. The van der Waals surface area contributed by atoms with Crippen LogP contribution in [0.1, 0.15) is 16.0 Å². The summed E-state index contributed by atoms with van der Waals surface area (Å²) in [7, 11) is 0. The topological polar surface area (TPSA) is 0 Å². The van der Waals surface area contributed by atoms with Gasteiger partial charge >= 0.3 is 0 Å². The van der Waals surface area contributed by atoms with Crippen molar-refractivity contribution in [2.24, 2.45) is 0 Å². The quantitative estimate of drug-likeness (QED) is 0.712. The average Bonchev–Trinajstić information content (AvgIpc) is 2.28. The van der Waals surface area contributed by atoms with Crippen LogP contribution in [0.5, 0.6) is 0 Å². The fraction of sp³-hybridized carbons (Fsp3) is 0.0769. The first-order chi connectivity index (χ1) is 8.06. The third-order valence-electron chi connectivity index (χ3n) is 2.34. The van der Waals surface area contributed by atoms with Gasteiger partial charge < -0.3 is 0 Å². The number of rotatable bonds is 2. The SMILES string of the molecule is Fc1ccc(C(Br)c2cc(F)cc(F)c2)cc1. The Labute approximate surface area is 105 Å². The van der Waals surface area contributed by atoms with Crippen molar-refractivity contribution in [2.75, 3.05) is 0 Å². The summed E-state index contributed by atoms with van der Waals surface area (Å²) in [6, 6.07) is 9.04. The molecule has 0 heterocycles. The molecule has 0 saturated heterocycles. The van der Waals surface area contributed by atoms with E-state index in [4.69, 9.17) is 0 Å². The Morgan fingerprint density at radius 2 is 1.24 bits per heavy atom. The predicted octanol–water partition coefficient (Wildman–Crippen LogP) is 4.59. The normalized spacial score (nSPS) is 12.5. The van der Waals surface area contributed by atoms with Crippen molar-refractivity contribution < 1.29 is 13.2 Å². The zero-order valence-corrected chi connectivity index (χ0v) is 10.2. The molecule has 0 saturated carbocycles. The van der Waals surface area contributed by atoms with Gasteiger partial charge in [-0.15, -0.1) is 0 Å². The van der Waals surface area contributed by atoms with Crippen LogP contribution >= 0.6 is 15.9 Å². The van der Waals surface area contributed by atoms with E-state index in [0.717, 1.165) is 11.6 Å². The second kappa shape index (κ2) is 4.92. The molecular weight excluding hydrogens is 293 g/mol. The molecule has 0 amide bonds. The minimum atomic E-state index is -0.633. The maximum atomic E-state index is 13.0. The highest BCUT2D eigenvalue weighted by Crippen LogP contribution is 2.31. The zero-order chi connectivity index (χ0) is 12.4. The van der Waals surface area contributed by atoms with Gasteiger partial charge in [0.1, 0.15) is 17.5 Å².